The molecular formula is C29H45N5O. The SMILES string of the molecule is CC(C)n1nc(C(=O)NC2C[C@H]3CC[C@@H](C2)N3CCCCCCN2CCCCC2)c2ccccc21. The maximum atomic E-state index is 13.3. The summed E-state index contributed by atoms with van der Waals surface area (Å²) in [6.45, 7) is 9.42. The Bertz CT molecular complexity index is 965. The summed E-state index contributed by atoms with van der Waals surface area (Å²) in [5, 5.41) is 9.04. The van der Waals surface area contributed by atoms with Crippen LogP contribution in [0.1, 0.15) is 101 Å². The van der Waals surface area contributed by atoms with Crippen LogP contribution in [-0.4, -0.2) is 69.8 Å². The molecule has 3 atom stereocenters. The average Bonchev–Trinajstić information content (AvgIpc) is 3.36. The summed E-state index contributed by atoms with van der Waals surface area (Å²) in [7, 11) is 0. The van der Waals surface area contributed by atoms with Crippen LogP contribution in [0.15, 0.2) is 24.3 Å². The Morgan fingerprint density at radius 3 is 2.37 bits per heavy atom. The van der Waals surface area contributed by atoms with E-state index in [4.69, 9.17) is 5.10 Å². The summed E-state index contributed by atoms with van der Waals surface area (Å²) in [5.41, 5.74) is 1.62. The van der Waals surface area contributed by atoms with Crippen LogP contribution in [0.25, 0.3) is 10.9 Å². The van der Waals surface area contributed by atoms with E-state index in [1.54, 1.807) is 0 Å². The minimum absolute atomic E-state index is 0.00726. The van der Waals surface area contributed by atoms with Crippen molar-refractivity contribution < 1.29 is 4.79 Å². The van der Waals surface area contributed by atoms with Crippen LogP contribution in [0.5, 0.6) is 0 Å². The number of hydrogen-bond acceptors (Lipinski definition) is 4. The molecule has 1 unspecified atom stereocenters. The molecule has 3 fully saturated rings. The highest BCUT2D eigenvalue weighted by Crippen LogP contribution is 2.36. The number of hydrogen-bond donors (Lipinski definition) is 1. The van der Waals surface area contributed by atoms with E-state index in [2.05, 4.69) is 35.0 Å². The first kappa shape index (κ1) is 24.8. The summed E-state index contributed by atoms with van der Waals surface area (Å²) in [4.78, 5) is 18.7. The van der Waals surface area contributed by atoms with Crippen molar-refractivity contribution in [3.8, 4) is 0 Å². The number of amides is 1. The molecule has 0 saturated carbocycles. The van der Waals surface area contributed by atoms with E-state index in [0.717, 1.165) is 23.7 Å². The number of nitrogens with one attached hydrogen (secondary N) is 1. The van der Waals surface area contributed by atoms with Gasteiger partial charge < -0.3 is 10.2 Å². The van der Waals surface area contributed by atoms with Gasteiger partial charge in [-0.1, -0.05) is 37.5 Å². The normalized spacial score (nSPS) is 25.5. The fraction of sp³-hybridized carbons (Fsp3) is 0.724. The van der Waals surface area contributed by atoms with E-state index in [1.807, 2.05) is 22.9 Å². The minimum atomic E-state index is -0.00726. The van der Waals surface area contributed by atoms with Gasteiger partial charge in [0, 0.05) is 29.6 Å². The van der Waals surface area contributed by atoms with Crippen molar-refractivity contribution >= 4 is 16.8 Å². The lowest BCUT2D eigenvalue weighted by Crippen LogP contribution is -2.50. The monoisotopic (exact) mass is 479 g/mol. The molecule has 35 heavy (non-hydrogen) atoms. The van der Waals surface area contributed by atoms with Gasteiger partial charge in [0.2, 0.25) is 0 Å². The van der Waals surface area contributed by atoms with Crippen LogP contribution in [0.3, 0.4) is 0 Å². The largest absolute Gasteiger partial charge is 0.348 e. The van der Waals surface area contributed by atoms with Crippen LogP contribution in [0.4, 0.5) is 0 Å². The zero-order chi connectivity index (χ0) is 24.2. The molecule has 4 heterocycles. The Morgan fingerprint density at radius 1 is 0.971 bits per heavy atom. The van der Waals surface area contributed by atoms with Gasteiger partial charge in [-0.15, -0.1) is 0 Å². The molecule has 2 bridgehead atoms. The van der Waals surface area contributed by atoms with E-state index < -0.39 is 0 Å². The first-order chi connectivity index (χ1) is 17.1. The van der Waals surface area contributed by atoms with Crippen molar-refractivity contribution in [2.75, 3.05) is 26.2 Å². The van der Waals surface area contributed by atoms with Crippen molar-refractivity contribution in [1.82, 2.24) is 24.9 Å². The average molecular weight is 480 g/mol. The Kier molecular flexibility index (Phi) is 8.08. The number of benzene rings is 1. The fourth-order valence-electron chi connectivity index (χ4n) is 6.83. The highest BCUT2D eigenvalue weighted by atomic mass is 16.2. The van der Waals surface area contributed by atoms with Gasteiger partial charge in [-0.3, -0.25) is 14.4 Å². The molecule has 6 nitrogen and oxygen atoms in total. The molecule has 3 aliphatic rings. The summed E-state index contributed by atoms with van der Waals surface area (Å²) in [5.74, 6) is -0.00726. The zero-order valence-corrected chi connectivity index (χ0v) is 21.9. The highest BCUT2D eigenvalue weighted by molar-refractivity contribution is 6.05. The van der Waals surface area contributed by atoms with Gasteiger partial charge in [0.05, 0.1) is 5.52 Å². The van der Waals surface area contributed by atoms with Crippen molar-refractivity contribution in [1.29, 1.82) is 0 Å². The molecule has 0 aliphatic carbocycles. The topological polar surface area (TPSA) is 53.4 Å². The van der Waals surface area contributed by atoms with Crippen LogP contribution in [0.2, 0.25) is 0 Å². The van der Waals surface area contributed by atoms with Gasteiger partial charge in [0.15, 0.2) is 5.69 Å². The number of aromatic nitrogens is 2. The van der Waals surface area contributed by atoms with Gasteiger partial charge in [-0.05, 0) is 97.5 Å². The molecule has 6 heteroatoms. The van der Waals surface area contributed by atoms with E-state index >= 15 is 0 Å². The third kappa shape index (κ3) is 5.75. The summed E-state index contributed by atoms with van der Waals surface area (Å²) >= 11 is 0. The Morgan fingerprint density at radius 2 is 1.66 bits per heavy atom. The molecule has 192 valence electrons. The lowest BCUT2D eigenvalue weighted by atomic mass is 9.96. The number of likely N-dealkylation sites (tertiary alicyclic amines) is 1. The van der Waals surface area contributed by atoms with Crippen LogP contribution in [0, 0.1) is 0 Å². The molecule has 1 N–H and O–H groups in total. The number of rotatable bonds is 10. The molecule has 3 saturated heterocycles. The molecule has 5 rings (SSSR count). The lowest BCUT2D eigenvalue weighted by Gasteiger charge is -2.39. The number of nitrogens with zero attached hydrogens (tertiary/aromatic N) is 4. The Hall–Kier alpha value is -1.92. The first-order valence-corrected chi connectivity index (χ1v) is 14.4. The first-order valence-electron chi connectivity index (χ1n) is 14.4. The summed E-state index contributed by atoms with van der Waals surface area (Å²) in [6.07, 6.45) is 14.4. The van der Waals surface area contributed by atoms with Crippen LogP contribution >= 0.6 is 0 Å². The second kappa shape index (κ2) is 11.4. The molecular weight excluding hydrogens is 434 g/mol. The standard InChI is InChI=1S/C29H45N5O/c1-22(2)34-27-13-7-6-12-26(27)28(31-34)29(35)30-23-20-24-14-15-25(21-23)33(24)19-11-4-3-8-16-32-17-9-5-10-18-32/h6-7,12-13,22-25H,3-5,8-11,14-21H2,1-2H3,(H,30,35)/t23?,24-,25+. The predicted molar refractivity (Wildman–Crippen MR) is 143 cm³/mol. The molecule has 0 radical (unpaired) electrons. The Balaban J connectivity index is 1.08. The smallest absolute Gasteiger partial charge is 0.272 e. The molecule has 3 aliphatic heterocycles. The maximum absolute atomic E-state index is 13.3. The van der Waals surface area contributed by atoms with Crippen molar-refractivity contribution in [2.45, 2.75) is 109 Å². The second-order valence-electron chi connectivity index (χ2n) is 11.5. The molecule has 1 aromatic carbocycles. The lowest BCUT2D eigenvalue weighted by molar-refractivity contribution is 0.0837. The van der Waals surface area contributed by atoms with E-state index in [9.17, 15) is 4.79 Å². The second-order valence-corrected chi connectivity index (χ2v) is 11.5. The predicted octanol–water partition coefficient (Wildman–Crippen LogP) is 5.39. The van der Waals surface area contributed by atoms with E-state index in [-0.39, 0.29) is 18.0 Å². The summed E-state index contributed by atoms with van der Waals surface area (Å²) < 4.78 is 1.98. The Labute approximate surface area is 211 Å². The van der Waals surface area contributed by atoms with Gasteiger partial charge in [-0.25, -0.2) is 0 Å². The fourth-order valence-corrected chi connectivity index (χ4v) is 6.83. The third-order valence-corrected chi connectivity index (χ3v) is 8.63. The van der Waals surface area contributed by atoms with Crippen LogP contribution in [-0.2, 0) is 0 Å². The van der Waals surface area contributed by atoms with E-state index in [1.165, 1.54) is 84.0 Å². The van der Waals surface area contributed by atoms with Gasteiger partial charge >= 0.3 is 0 Å². The quantitative estimate of drug-likeness (QED) is 0.464. The highest BCUT2D eigenvalue weighted by Gasteiger charge is 2.40. The number of carbonyl (C=O) groups is 1. The van der Waals surface area contributed by atoms with E-state index in [0.29, 0.717) is 17.8 Å². The molecule has 1 amide bonds. The molecule has 0 spiro atoms. The molecule has 2 aromatic rings. The van der Waals surface area contributed by atoms with Crippen molar-refractivity contribution in [3.05, 3.63) is 30.0 Å². The van der Waals surface area contributed by atoms with Gasteiger partial charge in [-0.2, -0.15) is 5.10 Å². The zero-order valence-electron chi connectivity index (χ0n) is 21.9. The number of para-hydroxylation sites is 1. The number of piperidine rings is 2. The third-order valence-electron chi connectivity index (χ3n) is 8.63. The number of unbranched alkanes of at least 4 members (excludes halogenated alkanes) is 3. The van der Waals surface area contributed by atoms with Crippen molar-refractivity contribution in [3.63, 3.8) is 0 Å². The number of fused-ring (bicyclic) bond motifs is 3. The molecule has 1 aromatic heterocycles. The number of carbonyl (C=O) groups excluding carboxylic acids is 1. The van der Waals surface area contributed by atoms with Gasteiger partial charge in [0.1, 0.15) is 0 Å². The maximum Gasteiger partial charge on any atom is 0.272 e. The van der Waals surface area contributed by atoms with Crippen molar-refractivity contribution in [2.24, 2.45) is 0 Å². The minimum Gasteiger partial charge on any atom is -0.348 e. The summed E-state index contributed by atoms with van der Waals surface area (Å²) in [6, 6.07) is 9.87. The van der Waals surface area contributed by atoms with Gasteiger partial charge in [0.25, 0.3) is 5.91 Å². The van der Waals surface area contributed by atoms with Crippen LogP contribution < -0.4 is 5.32 Å².